The molecule has 2 aromatic heterocycles. The van der Waals surface area contributed by atoms with Crippen LogP contribution in [0, 0.1) is 5.82 Å². The van der Waals surface area contributed by atoms with Gasteiger partial charge in [-0.3, -0.25) is 19.4 Å². The molecule has 2 N–H and O–H groups in total. The maximum atomic E-state index is 14.7. The molecule has 5 rings (SSSR count). The molecule has 2 aromatic carbocycles. The highest BCUT2D eigenvalue weighted by Gasteiger charge is 2.27. The monoisotopic (exact) mass is 546 g/mol. The van der Waals surface area contributed by atoms with Crippen molar-refractivity contribution in [3.63, 3.8) is 0 Å². The number of anilines is 1. The number of pyridine rings is 1. The van der Waals surface area contributed by atoms with E-state index in [4.69, 9.17) is 11.6 Å². The van der Waals surface area contributed by atoms with Crippen molar-refractivity contribution >= 4 is 35.1 Å². The van der Waals surface area contributed by atoms with Crippen LogP contribution < -0.4 is 10.6 Å². The molecule has 9 nitrogen and oxygen atoms in total. The molecule has 0 spiro atoms. The molecule has 0 radical (unpaired) electrons. The summed E-state index contributed by atoms with van der Waals surface area (Å²) in [6.45, 7) is 2.48. The first-order valence-corrected chi connectivity index (χ1v) is 12.6. The Morgan fingerprint density at radius 1 is 1.03 bits per heavy atom. The molecule has 0 saturated carbocycles. The third-order valence-corrected chi connectivity index (χ3v) is 6.71. The van der Waals surface area contributed by atoms with Crippen molar-refractivity contribution < 1.29 is 18.8 Å². The first-order chi connectivity index (χ1) is 18.8. The SMILES string of the molecule is CC(=O)N1CCC(NC(=O)c2cc(NC(=O)c3cc(-c4ccccn4)c(F)cc3Cl)n(-c3ccccc3)n2)C1. The highest BCUT2D eigenvalue weighted by Crippen LogP contribution is 2.28. The summed E-state index contributed by atoms with van der Waals surface area (Å²) in [4.78, 5) is 43.9. The number of nitrogens with one attached hydrogen (secondary N) is 2. The fourth-order valence-corrected chi connectivity index (χ4v) is 4.63. The van der Waals surface area contributed by atoms with Crippen LogP contribution in [0.2, 0.25) is 5.02 Å². The van der Waals surface area contributed by atoms with E-state index in [-0.39, 0.29) is 39.6 Å². The van der Waals surface area contributed by atoms with Crippen molar-refractivity contribution in [1.82, 2.24) is 25.0 Å². The van der Waals surface area contributed by atoms with Gasteiger partial charge in [-0.15, -0.1) is 0 Å². The van der Waals surface area contributed by atoms with Gasteiger partial charge >= 0.3 is 0 Å². The van der Waals surface area contributed by atoms with Gasteiger partial charge in [-0.25, -0.2) is 9.07 Å². The predicted molar refractivity (Wildman–Crippen MR) is 144 cm³/mol. The molecule has 4 aromatic rings. The van der Waals surface area contributed by atoms with Crippen LogP contribution in [0.25, 0.3) is 16.9 Å². The van der Waals surface area contributed by atoms with Crippen molar-refractivity contribution in [2.45, 2.75) is 19.4 Å². The molecule has 1 aliphatic heterocycles. The zero-order valence-corrected chi connectivity index (χ0v) is 21.7. The number of carbonyl (C=O) groups is 3. The van der Waals surface area contributed by atoms with E-state index >= 15 is 0 Å². The molecule has 0 bridgehead atoms. The molecule has 1 aliphatic rings. The summed E-state index contributed by atoms with van der Waals surface area (Å²) in [6, 6.07) is 17.7. The Hall–Kier alpha value is -4.57. The Labute approximate surface area is 228 Å². The Kier molecular flexibility index (Phi) is 7.38. The van der Waals surface area contributed by atoms with Crippen molar-refractivity contribution in [2.75, 3.05) is 18.4 Å². The molecule has 3 amide bonds. The van der Waals surface area contributed by atoms with Crippen LogP contribution in [-0.2, 0) is 4.79 Å². The van der Waals surface area contributed by atoms with Gasteiger partial charge in [-0.05, 0) is 42.8 Å². The molecule has 39 heavy (non-hydrogen) atoms. The van der Waals surface area contributed by atoms with Gasteiger partial charge in [-0.1, -0.05) is 35.9 Å². The third-order valence-electron chi connectivity index (χ3n) is 6.40. The van der Waals surface area contributed by atoms with Gasteiger partial charge < -0.3 is 15.5 Å². The van der Waals surface area contributed by atoms with E-state index in [2.05, 4.69) is 20.7 Å². The number of rotatable bonds is 6. The van der Waals surface area contributed by atoms with Gasteiger partial charge in [0.15, 0.2) is 5.69 Å². The van der Waals surface area contributed by atoms with E-state index < -0.39 is 17.6 Å². The Bertz CT molecular complexity index is 1540. The van der Waals surface area contributed by atoms with Crippen LogP contribution in [-0.4, -0.2) is 56.5 Å². The van der Waals surface area contributed by atoms with Crippen LogP contribution in [0.4, 0.5) is 10.2 Å². The normalized spacial score (nSPS) is 14.7. The lowest BCUT2D eigenvalue weighted by atomic mass is 10.1. The fourth-order valence-electron chi connectivity index (χ4n) is 4.40. The van der Waals surface area contributed by atoms with Crippen molar-refractivity contribution in [2.24, 2.45) is 0 Å². The number of benzene rings is 2. The van der Waals surface area contributed by atoms with Crippen LogP contribution >= 0.6 is 11.6 Å². The first-order valence-electron chi connectivity index (χ1n) is 12.2. The summed E-state index contributed by atoms with van der Waals surface area (Å²) in [6.07, 6.45) is 2.16. The topological polar surface area (TPSA) is 109 Å². The number of likely N-dealkylation sites (tertiary alicyclic amines) is 1. The third kappa shape index (κ3) is 5.65. The standard InChI is InChI=1S/C28H24ClFN6O3/c1-17(37)35-12-10-18(16-35)32-28(39)25-15-26(36(34-25)19-7-3-2-4-8-19)33-27(38)20-13-21(23(30)14-22(20)29)24-9-5-6-11-31-24/h2-9,11,13-15,18H,10,12,16H2,1H3,(H,32,39)(H,33,38). The van der Waals surface area contributed by atoms with E-state index in [1.165, 1.54) is 29.9 Å². The maximum absolute atomic E-state index is 14.7. The van der Waals surface area contributed by atoms with Gasteiger partial charge in [-0.2, -0.15) is 5.10 Å². The van der Waals surface area contributed by atoms with Gasteiger partial charge in [0.25, 0.3) is 11.8 Å². The fraction of sp³-hybridized carbons (Fsp3) is 0.179. The summed E-state index contributed by atoms with van der Waals surface area (Å²) < 4.78 is 16.1. The average molecular weight is 547 g/mol. The van der Waals surface area contributed by atoms with E-state index in [0.29, 0.717) is 30.9 Å². The van der Waals surface area contributed by atoms with Gasteiger partial charge in [0.1, 0.15) is 11.6 Å². The van der Waals surface area contributed by atoms with Crippen LogP contribution in [0.3, 0.4) is 0 Å². The summed E-state index contributed by atoms with van der Waals surface area (Å²) >= 11 is 6.26. The van der Waals surface area contributed by atoms with Gasteiger partial charge in [0, 0.05) is 43.9 Å². The van der Waals surface area contributed by atoms with Crippen LogP contribution in [0.5, 0.6) is 0 Å². The first kappa shape index (κ1) is 26.1. The van der Waals surface area contributed by atoms with Crippen molar-refractivity contribution in [1.29, 1.82) is 0 Å². The maximum Gasteiger partial charge on any atom is 0.272 e. The molecule has 1 saturated heterocycles. The van der Waals surface area contributed by atoms with Crippen LogP contribution in [0.1, 0.15) is 34.2 Å². The Morgan fingerprint density at radius 3 is 2.49 bits per heavy atom. The number of amides is 3. The second-order valence-electron chi connectivity index (χ2n) is 9.07. The van der Waals surface area contributed by atoms with E-state index in [0.717, 1.165) is 6.07 Å². The molecule has 1 fully saturated rings. The summed E-state index contributed by atoms with van der Waals surface area (Å²) in [5.41, 5.74) is 1.19. The quantitative estimate of drug-likeness (QED) is 0.374. The minimum absolute atomic E-state index is 0.0285. The van der Waals surface area contributed by atoms with Gasteiger partial charge in [0.05, 0.1) is 22.0 Å². The van der Waals surface area contributed by atoms with E-state index in [1.807, 2.05) is 6.07 Å². The largest absolute Gasteiger partial charge is 0.346 e. The zero-order valence-electron chi connectivity index (χ0n) is 20.9. The highest BCUT2D eigenvalue weighted by atomic mass is 35.5. The smallest absolute Gasteiger partial charge is 0.272 e. The molecule has 0 aliphatic carbocycles. The average Bonchev–Trinajstić information content (AvgIpc) is 3.57. The summed E-state index contributed by atoms with van der Waals surface area (Å²) in [5, 5.41) is 10.0. The number of hydrogen-bond acceptors (Lipinski definition) is 5. The van der Waals surface area contributed by atoms with E-state index in [9.17, 15) is 18.8 Å². The lowest BCUT2D eigenvalue weighted by Gasteiger charge is -2.14. The molecule has 3 heterocycles. The molecular formula is C28H24ClFN6O3. The predicted octanol–water partition coefficient (Wildman–Crippen LogP) is 4.33. The second-order valence-corrected chi connectivity index (χ2v) is 9.47. The zero-order chi connectivity index (χ0) is 27.5. The lowest BCUT2D eigenvalue weighted by molar-refractivity contribution is -0.127. The van der Waals surface area contributed by atoms with Crippen molar-refractivity contribution in [3.8, 4) is 16.9 Å². The number of para-hydroxylation sites is 1. The van der Waals surface area contributed by atoms with Gasteiger partial charge in [0.2, 0.25) is 5.91 Å². The second kappa shape index (κ2) is 11.0. The van der Waals surface area contributed by atoms with E-state index in [1.54, 1.807) is 47.4 Å². The van der Waals surface area contributed by atoms with Crippen molar-refractivity contribution in [3.05, 3.63) is 95.0 Å². The molecular weight excluding hydrogens is 523 g/mol. The summed E-state index contributed by atoms with van der Waals surface area (Å²) in [5.74, 6) is -1.50. The minimum Gasteiger partial charge on any atom is -0.346 e. The number of hydrogen-bond donors (Lipinski definition) is 2. The number of halogens is 2. The Morgan fingerprint density at radius 2 is 1.79 bits per heavy atom. The number of aromatic nitrogens is 3. The summed E-state index contributed by atoms with van der Waals surface area (Å²) in [7, 11) is 0. The highest BCUT2D eigenvalue weighted by molar-refractivity contribution is 6.34. The molecule has 1 atom stereocenters. The molecule has 198 valence electrons. The molecule has 11 heteroatoms. The number of nitrogens with zero attached hydrogens (tertiary/aromatic N) is 4. The Balaban J connectivity index is 1.44. The molecule has 1 unspecified atom stereocenters. The van der Waals surface area contributed by atoms with Crippen LogP contribution in [0.15, 0.2) is 72.9 Å². The lowest BCUT2D eigenvalue weighted by Crippen LogP contribution is -2.38. The minimum atomic E-state index is -0.617. The number of carbonyl (C=O) groups excluding carboxylic acids is 3.